The number of nitrogens with zero attached hydrogens (tertiary/aromatic N) is 2. The van der Waals surface area contributed by atoms with Gasteiger partial charge in [-0.15, -0.1) is 0 Å². The lowest BCUT2D eigenvalue weighted by Crippen LogP contribution is -2.22. The molecule has 0 fully saturated rings. The quantitative estimate of drug-likeness (QED) is 0.712. The summed E-state index contributed by atoms with van der Waals surface area (Å²) in [6.07, 6.45) is 8.93. The van der Waals surface area contributed by atoms with Gasteiger partial charge in [-0.3, -0.25) is 0 Å². The molecule has 3 nitrogen and oxygen atoms in total. The molecule has 2 aromatic rings. The van der Waals surface area contributed by atoms with Crippen LogP contribution in [0.3, 0.4) is 0 Å². The van der Waals surface area contributed by atoms with Gasteiger partial charge in [0.05, 0.1) is 6.33 Å². The Morgan fingerprint density at radius 3 is 2.81 bits per heavy atom. The molecule has 1 aromatic carbocycles. The standard InChI is InChI=1S/C16H21Cl2N3/c1-2-16(14-6-5-13(17)11-15(14)18)20-7-3-4-9-21-10-8-19-12-21/h5-6,8,10-12,16,20H,2-4,7,9H2,1H3. The first-order chi connectivity index (χ1) is 10.2. The Labute approximate surface area is 136 Å². The van der Waals surface area contributed by atoms with Gasteiger partial charge in [0.15, 0.2) is 0 Å². The molecule has 0 amide bonds. The minimum atomic E-state index is 0.281. The molecule has 0 spiro atoms. The number of aromatic nitrogens is 2. The minimum absolute atomic E-state index is 0.281. The number of hydrogen-bond acceptors (Lipinski definition) is 2. The van der Waals surface area contributed by atoms with Gasteiger partial charge in [0.2, 0.25) is 0 Å². The van der Waals surface area contributed by atoms with E-state index in [9.17, 15) is 0 Å². The van der Waals surface area contributed by atoms with E-state index < -0.39 is 0 Å². The summed E-state index contributed by atoms with van der Waals surface area (Å²) in [6, 6.07) is 5.99. The van der Waals surface area contributed by atoms with Crippen LogP contribution in [0.2, 0.25) is 10.0 Å². The van der Waals surface area contributed by atoms with Crippen LogP contribution in [0, 0.1) is 0 Å². The first kappa shape index (κ1) is 16.3. The Balaban J connectivity index is 1.77. The van der Waals surface area contributed by atoms with Gasteiger partial charge in [-0.05, 0) is 43.5 Å². The number of nitrogens with one attached hydrogen (secondary N) is 1. The molecule has 0 aliphatic carbocycles. The summed E-state index contributed by atoms with van der Waals surface area (Å²) in [5, 5.41) is 4.99. The zero-order valence-electron chi connectivity index (χ0n) is 12.2. The van der Waals surface area contributed by atoms with E-state index in [-0.39, 0.29) is 6.04 Å². The van der Waals surface area contributed by atoms with Crippen molar-refractivity contribution < 1.29 is 0 Å². The van der Waals surface area contributed by atoms with Crippen molar-refractivity contribution in [2.75, 3.05) is 6.54 Å². The lowest BCUT2D eigenvalue weighted by Gasteiger charge is -2.19. The molecule has 1 aromatic heterocycles. The molecule has 2 rings (SSSR count). The zero-order chi connectivity index (χ0) is 15.1. The highest BCUT2D eigenvalue weighted by atomic mass is 35.5. The van der Waals surface area contributed by atoms with Crippen LogP contribution in [0.25, 0.3) is 0 Å². The average Bonchev–Trinajstić information content (AvgIpc) is 2.97. The summed E-state index contributed by atoms with van der Waals surface area (Å²) < 4.78 is 2.10. The summed E-state index contributed by atoms with van der Waals surface area (Å²) in [5.41, 5.74) is 1.12. The molecular weight excluding hydrogens is 305 g/mol. The van der Waals surface area contributed by atoms with Crippen molar-refractivity contribution in [2.45, 2.75) is 38.8 Å². The number of aryl methyl sites for hydroxylation is 1. The summed E-state index contributed by atoms with van der Waals surface area (Å²) >= 11 is 12.2. The third kappa shape index (κ3) is 5.03. The number of unbranched alkanes of at least 4 members (excludes halogenated alkanes) is 1. The Morgan fingerprint density at radius 1 is 1.29 bits per heavy atom. The van der Waals surface area contributed by atoms with E-state index in [0.29, 0.717) is 5.02 Å². The zero-order valence-corrected chi connectivity index (χ0v) is 13.7. The average molecular weight is 326 g/mol. The number of hydrogen-bond donors (Lipinski definition) is 1. The molecule has 0 saturated carbocycles. The van der Waals surface area contributed by atoms with E-state index in [1.54, 1.807) is 0 Å². The summed E-state index contributed by atoms with van der Waals surface area (Å²) in [7, 11) is 0. The molecule has 5 heteroatoms. The largest absolute Gasteiger partial charge is 0.337 e. The van der Waals surface area contributed by atoms with Gasteiger partial charge in [-0.25, -0.2) is 4.98 Å². The predicted molar refractivity (Wildman–Crippen MR) is 89.0 cm³/mol. The molecule has 0 aliphatic rings. The van der Waals surface area contributed by atoms with Crippen LogP contribution in [-0.2, 0) is 6.54 Å². The van der Waals surface area contributed by atoms with Crippen molar-refractivity contribution in [1.29, 1.82) is 0 Å². The summed E-state index contributed by atoms with van der Waals surface area (Å²) in [5.74, 6) is 0. The van der Waals surface area contributed by atoms with Crippen LogP contribution in [-0.4, -0.2) is 16.1 Å². The minimum Gasteiger partial charge on any atom is -0.337 e. The van der Waals surface area contributed by atoms with Gasteiger partial charge in [0.25, 0.3) is 0 Å². The van der Waals surface area contributed by atoms with Crippen LogP contribution >= 0.6 is 23.2 Å². The van der Waals surface area contributed by atoms with Crippen molar-refractivity contribution in [3.8, 4) is 0 Å². The smallest absolute Gasteiger partial charge is 0.0945 e. The maximum Gasteiger partial charge on any atom is 0.0945 e. The first-order valence-corrected chi connectivity index (χ1v) is 8.10. The molecule has 0 bridgehead atoms. The van der Waals surface area contributed by atoms with Gasteiger partial charge in [0, 0.05) is 35.0 Å². The van der Waals surface area contributed by atoms with Gasteiger partial charge >= 0.3 is 0 Å². The van der Waals surface area contributed by atoms with Crippen LogP contribution in [0.5, 0.6) is 0 Å². The predicted octanol–water partition coefficient (Wildman–Crippen LogP) is 4.71. The number of benzene rings is 1. The van der Waals surface area contributed by atoms with Crippen molar-refractivity contribution in [3.63, 3.8) is 0 Å². The fourth-order valence-corrected chi connectivity index (χ4v) is 2.91. The maximum absolute atomic E-state index is 6.28. The van der Waals surface area contributed by atoms with E-state index in [0.717, 1.165) is 42.9 Å². The van der Waals surface area contributed by atoms with Crippen LogP contribution in [0.15, 0.2) is 36.9 Å². The SMILES string of the molecule is CCC(NCCCCn1ccnc1)c1ccc(Cl)cc1Cl. The molecule has 0 aliphatic heterocycles. The molecule has 0 saturated heterocycles. The van der Waals surface area contributed by atoms with Crippen LogP contribution in [0.1, 0.15) is 37.8 Å². The van der Waals surface area contributed by atoms with Gasteiger partial charge in [-0.2, -0.15) is 0 Å². The van der Waals surface area contributed by atoms with Gasteiger partial charge < -0.3 is 9.88 Å². The second-order valence-corrected chi connectivity index (χ2v) is 5.93. The highest BCUT2D eigenvalue weighted by molar-refractivity contribution is 6.35. The fraction of sp³-hybridized carbons (Fsp3) is 0.438. The van der Waals surface area contributed by atoms with Crippen molar-refractivity contribution >= 4 is 23.2 Å². The van der Waals surface area contributed by atoms with E-state index in [1.807, 2.05) is 36.9 Å². The van der Waals surface area contributed by atoms with Crippen LogP contribution in [0.4, 0.5) is 0 Å². The molecule has 1 atom stereocenters. The molecule has 1 N–H and O–H groups in total. The second kappa shape index (κ2) is 8.42. The molecule has 1 unspecified atom stereocenters. The molecular formula is C16H21Cl2N3. The number of rotatable bonds is 8. The van der Waals surface area contributed by atoms with Gasteiger partial charge in [0.1, 0.15) is 0 Å². The Morgan fingerprint density at radius 2 is 2.14 bits per heavy atom. The van der Waals surface area contributed by atoms with Gasteiger partial charge in [-0.1, -0.05) is 36.2 Å². The molecule has 1 heterocycles. The first-order valence-electron chi connectivity index (χ1n) is 7.34. The van der Waals surface area contributed by atoms with E-state index in [2.05, 4.69) is 21.8 Å². The summed E-state index contributed by atoms with van der Waals surface area (Å²) in [6.45, 7) is 4.15. The second-order valence-electron chi connectivity index (χ2n) is 5.09. The number of halogens is 2. The third-order valence-electron chi connectivity index (χ3n) is 3.54. The van der Waals surface area contributed by atoms with E-state index in [4.69, 9.17) is 23.2 Å². The lowest BCUT2D eigenvalue weighted by molar-refractivity contribution is 0.490. The van der Waals surface area contributed by atoms with Crippen molar-refractivity contribution in [1.82, 2.24) is 14.9 Å². The Bertz CT molecular complexity index is 540. The molecule has 114 valence electrons. The monoisotopic (exact) mass is 325 g/mol. The highest BCUT2D eigenvalue weighted by Crippen LogP contribution is 2.27. The normalized spacial score (nSPS) is 12.5. The van der Waals surface area contributed by atoms with Crippen molar-refractivity contribution in [2.24, 2.45) is 0 Å². The van der Waals surface area contributed by atoms with Crippen molar-refractivity contribution in [3.05, 3.63) is 52.5 Å². The molecule has 21 heavy (non-hydrogen) atoms. The van der Waals surface area contributed by atoms with Crippen LogP contribution < -0.4 is 5.32 Å². The fourth-order valence-electron chi connectivity index (χ4n) is 2.37. The Hall–Kier alpha value is -1.03. The molecule has 0 radical (unpaired) electrons. The number of imidazole rings is 1. The van der Waals surface area contributed by atoms with E-state index >= 15 is 0 Å². The topological polar surface area (TPSA) is 29.9 Å². The Kier molecular flexibility index (Phi) is 6.55. The summed E-state index contributed by atoms with van der Waals surface area (Å²) in [4.78, 5) is 4.04. The maximum atomic E-state index is 6.28. The lowest BCUT2D eigenvalue weighted by atomic mass is 10.0. The third-order valence-corrected chi connectivity index (χ3v) is 4.10. The highest BCUT2D eigenvalue weighted by Gasteiger charge is 2.12. The van der Waals surface area contributed by atoms with E-state index in [1.165, 1.54) is 0 Å².